The molecule has 0 atom stereocenters. The van der Waals surface area contributed by atoms with Gasteiger partial charge in [-0.1, -0.05) is 0 Å². The van der Waals surface area contributed by atoms with Crippen molar-refractivity contribution in [2.24, 2.45) is 0 Å². The van der Waals surface area contributed by atoms with Gasteiger partial charge in [0.2, 0.25) is 0 Å². The molecule has 4 heteroatoms. The molecule has 0 aliphatic carbocycles. The van der Waals surface area contributed by atoms with E-state index < -0.39 is 0 Å². The number of hydrogen-bond acceptors (Lipinski definition) is 0. The average molecular weight is 242 g/mol. The smallest absolute Gasteiger partial charge is 1.00 e. The first-order chi connectivity index (χ1) is 0. The van der Waals surface area contributed by atoms with E-state index in [1.807, 2.05) is 0 Å². The molecule has 0 heterocycles. The van der Waals surface area contributed by atoms with Gasteiger partial charge in [-0.05, 0) is 0 Å². The number of rotatable bonds is 0. The van der Waals surface area contributed by atoms with E-state index in [9.17, 15) is 0 Å². The van der Waals surface area contributed by atoms with Crippen LogP contribution in [0.1, 0.15) is 2.85 Å². The standard InChI is InChI=1S/2BrH.2Ca.2H/h2*1H;;;;/q;;2*+2;2*-1/p-2. The summed E-state index contributed by atoms with van der Waals surface area (Å²) in [5.41, 5.74) is 0. The van der Waals surface area contributed by atoms with Crippen molar-refractivity contribution in [3.63, 3.8) is 0 Å². The third-order valence-electron chi connectivity index (χ3n) is 0. The fraction of sp³-hybridized carbons (Fsp3) is 0. The summed E-state index contributed by atoms with van der Waals surface area (Å²) in [5.74, 6) is 0. The Morgan fingerprint density at radius 3 is 0.750 bits per heavy atom. The van der Waals surface area contributed by atoms with E-state index in [0.29, 0.717) is 0 Å². The summed E-state index contributed by atoms with van der Waals surface area (Å²) in [5, 5.41) is 0. The van der Waals surface area contributed by atoms with Gasteiger partial charge in [0.15, 0.2) is 0 Å². The molecule has 0 unspecified atom stereocenters. The van der Waals surface area contributed by atoms with Gasteiger partial charge in [0.1, 0.15) is 0 Å². The van der Waals surface area contributed by atoms with Crippen molar-refractivity contribution < 1.29 is 36.8 Å². The molecule has 0 saturated heterocycles. The molecule has 0 aliphatic rings. The van der Waals surface area contributed by atoms with Crippen LogP contribution in [0.25, 0.3) is 0 Å². The molecule has 0 spiro atoms. The monoisotopic (exact) mass is 240 g/mol. The van der Waals surface area contributed by atoms with Crippen LogP contribution < -0.4 is 34.0 Å². The van der Waals surface area contributed by atoms with E-state index in [0.717, 1.165) is 0 Å². The Balaban J connectivity index is 0. The van der Waals surface area contributed by atoms with Crippen molar-refractivity contribution in [2.75, 3.05) is 0 Å². The zero-order valence-corrected chi connectivity index (χ0v) is 9.76. The molecule has 0 aromatic heterocycles. The molecule has 0 amide bonds. The van der Waals surface area contributed by atoms with Crippen molar-refractivity contribution in [3.05, 3.63) is 0 Å². The SMILES string of the molecule is [Br-].[Br-].[Ca+2].[Ca+2].[H-].[H-]. The quantitative estimate of drug-likeness (QED) is 0.370. The first-order valence-corrected chi connectivity index (χ1v) is 0. The maximum atomic E-state index is 0. The van der Waals surface area contributed by atoms with E-state index in [1.165, 1.54) is 0 Å². The van der Waals surface area contributed by atoms with Crippen molar-refractivity contribution in [1.82, 2.24) is 0 Å². The van der Waals surface area contributed by atoms with Crippen LogP contribution in [0.15, 0.2) is 0 Å². The van der Waals surface area contributed by atoms with Crippen LogP contribution in [0.4, 0.5) is 0 Å². The average Bonchev–Trinajstić information content (AvgIpc) is 0. The van der Waals surface area contributed by atoms with Gasteiger partial charge >= 0.3 is 75.5 Å². The van der Waals surface area contributed by atoms with Gasteiger partial charge in [-0.25, -0.2) is 0 Å². The van der Waals surface area contributed by atoms with Gasteiger partial charge in [-0.2, -0.15) is 0 Å². The van der Waals surface area contributed by atoms with E-state index >= 15 is 0 Å². The summed E-state index contributed by atoms with van der Waals surface area (Å²) >= 11 is 0. The first-order valence-electron chi connectivity index (χ1n) is 0. The molecule has 0 aromatic carbocycles. The summed E-state index contributed by atoms with van der Waals surface area (Å²) < 4.78 is 0. The van der Waals surface area contributed by atoms with Crippen molar-refractivity contribution in [1.29, 1.82) is 0 Å². The zero-order chi connectivity index (χ0) is 0. The van der Waals surface area contributed by atoms with Crippen LogP contribution in [0.5, 0.6) is 0 Å². The minimum Gasteiger partial charge on any atom is -1.00 e. The molecular formula is H2Br2Ca2. The molecule has 0 aliphatic heterocycles. The van der Waals surface area contributed by atoms with Crippen LogP contribution in [0.2, 0.25) is 0 Å². The molecule has 0 aromatic rings. The van der Waals surface area contributed by atoms with Crippen molar-refractivity contribution >= 4 is 75.5 Å². The molecule has 4 heavy (non-hydrogen) atoms. The molecule has 0 nitrogen and oxygen atoms in total. The third kappa shape index (κ3) is 9.08. The Bertz CT molecular complexity index is 9.51. The third-order valence-corrected chi connectivity index (χ3v) is 0. The minimum atomic E-state index is 0. The van der Waals surface area contributed by atoms with Gasteiger partial charge in [0.05, 0.1) is 0 Å². The fourth-order valence-corrected chi connectivity index (χ4v) is 0. The Labute approximate surface area is 110 Å². The second-order valence-corrected chi connectivity index (χ2v) is 0. The normalized spacial score (nSPS) is 0. The topological polar surface area (TPSA) is 0 Å². The van der Waals surface area contributed by atoms with E-state index in [1.54, 1.807) is 0 Å². The van der Waals surface area contributed by atoms with E-state index in [2.05, 4.69) is 0 Å². The van der Waals surface area contributed by atoms with Gasteiger partial charge in [0.25, 0.3) is 0 Å². The van der Waals surface area contributed by atoms with Crippen LogP contribution >= 0.6 is 0 Å². The largest absolute Gasteiger partial charge is 2.00 e. The van der Waals surface area contributed by atoms with Crippen LogP contribution in [0.3, 0.4) is 0 Å². The Morgan fingerprint density at radius 2 is 0.750 bits per heavy atom. The van der Waals surface area contributed by atoms with E-state index in [-0.39, 0.29) is 112 Å². The zero-order valence-electron chi connectivity index (χ0n) is 4.17. The van der Waals surface area contributed by atoms with Crippen LogP contribution in [-0.2, 0) is 0 Å². The second kappa shape index (κ2) is 16.1. The molecule has 0 radical (unpaired) electrons. The molecule has 0 rings (SSSR count). The molecule has 20 valence electrons. The number of halogens is 2. The second-order valence-electron chi connectivity index (χ2n) is 0. The fourth-order valence-electron chi connectivity index (χ4n) is 0. The number of hydrogen-bond donors (Lipinski definition) is 0. The van der Waals surface area contributed by atoms with E-state index in [4.69, 9.17) is 0 Å². The molecule has 0 saturated carbocycles. The Morgan fingerprint density at radius 1 is 0.750 bits per heavy atom. The molecule has 0 fully saturated rings. The maximum Gasteiger partial charge on any atom is 2.00 e. The van der Waals surface area contributed by atoms with Gasteiger partial charge in [-0.15, -0.1) is 0 Å². The molecule has 0 N–H and O–H groups in total. The van der Waals surface area contributed by atoms with Gasteiger partial charge in [0, 0.05) is 0 Å². The molecule has 0 bridgehead atoms. The van der Waals surface area contributed by atoms with Crippen molar-refractivity contribution in [2.45, 2.75) is 0 Å². The Kier molecular flexibility index (Phi) is 104. The Hall–Kier alpha value is 3.48. The minimum absolute atomic E-state index is 0. The van der Waals surface area contributed by atoms with Crippen LogP contribution in [0, 0.1) is 0 Å². The first kappa shape index (κ1) is 25.9. The van der Waals surface area contributed by atoms with Gasteiger partial charge in [-0.3, -0.25) is 0 Å². The maximum absolute atomic E-state index is 0. The summed E-state index contributed by atoms with van der Waals surface area (Å²) in [4.78, 5) is 0. The van der Waals surface area contributed by atoms with Crippen LogP contribution in [-0.4, -0.2) is 75.5 Å². The predicted octanol–water partition coefficient (Wildman–Crippen LogP) is -6.53. The summed E-state index contributed by atoms with van der Waals surface area (Å²) in [7, 11) is 0. The summed E-state index contributed by atoms with van der Waals surface area (Å²) in [6.07, 6.45) is 0. The molecular weight excluding hydrogens is 240 g/mol. The summed E-state index contributed by atoms with van der Waals surface area (Å²) in [6.45, 7) is 0. The van der Waals surface area contributed by atoms with Gasteiger partial charge < -0.3 is 36.8 Å². The summed E-state index contributed by atoms with van der Waals surface area (Å²) in [6, 6.07) is 0. The van der Waals surface area contributed by atoms with Crippen molar-refractivity contribution in [3.8, 4) is 0 Å². The predicted molar refractivity (Wildman–Crippen MR) is 13.7 cm³/mol.